The van der Waals surface area contributed by atoms with E-state index in [4.69, 9.17) is 5.73 Å². The minimum atomic E-state index is -1.08. The summed E-state index contributed by atoms with van der Waals surface area (Å²) < 4.78 is 0. The molecule has 4 N–H and O–H groups in total. The quantitative estimate of drug-likeness (QED) is 0.696. The van der Waals surface area contributed by atoms with Gasteiger partial charge in [0, 0.05) is 6.54 Å². The number of benzene rings is 1. The number of primary amides is 1. The molecule has 1 saturated heterocycles. The molecule has 1 aliphatic heterocycles. The van der Waals surface area contributed by atoms with Crippen molar-refractivity contribution in [1.29, 1.82) is 0 Å². The van der Waals surface area contributed by atoms with Crippen molar-refractivity contribution in [2.45, 2.75) is 32.4 Å². The van der Waals surface area contributed by atoms with Gasteiger partial charge < -0.3 is 16.2 Å². The van der Waals surface area contributed by atoms with Gasteiger partial charge >= 0.3 is 0 Å². The largest absolute Gasteiger partial charge is 0.383 e. The van der Waals surface area contributed by atoms with Gasteiger partial charge in [-0.1, -0.05) is 29.8 Å². The molecule has 0 aromatic heterocycles. The normalized spacial score (nSPS) is 17.7. The van der Waals surface area contributed by atoms with Crippen molar-refractivity contribution >= 4 is 11.8 Å². The van der Waals surface area contributed by atoms with Crippen LogP contribution in [0.2, 0.25) is 0 Å². The summed E-state index contributed by atoms with van der Waals surface area (Å²) in [5, 5.41) is 12.6. The Kier molecular flexibility index (Phi) is 6.12. The predicted molar refractivity (Wildman–Crippen MR) is 87.4 cm³/mol. The summed E-state index contributed by atoms with van der Waals surface area (Å²) >= 11 is 0. The van der Waals surface area contributed by atoms with Gasteiger partial charge in [0.05, 0.1) is 6.54 Å². The number of piperidine rings is 1. The number of aliphatic hydroxyl groups is 1. The van der Waals surface area contributed by atoms with Gasteiger partial charge in [-0.05, 0) is 44.3 Å². The first kappa shape index (κ1) is 17.4. The maximum atomic E-state index is 12.0. The first-order chi connectivity index (χ1) is 11.0. The van der Waals surface area contributed by atoms with Gasteiger partial charge in [-0.2, -0.15) is 0 Å². The van der Waals surface area contributed by atoms with Crippen LogP contribution in [-0.2, 0) is 16.1 Å². The summed E-state index contributed by atoms with van der Waals surface area (Å²) in [7, 11) is 0. The van der Waals surface area contributed by atoms with Crippen molar-refractivity contribution in [1.82, 2.24) is 10.2 Å². The number of carbonyl (C=O) groups excluding carboxylic acids is 2. The Balaban J connectivity index is 1.70. The first-order valence-electron chi connectivity index (χ1n) is 7.97. The van der Waals surface area contributed by atoms with Crippen LogP contribution in [0.3, 0.4) is 0 Å². The van der Waals surface area contributed by atoms with E-state index in [2.05, 4.69) is 5.32 Å². The third-order valence-electron chi connectivity index (χ3n) is 4.35. The van der Waals surface area contributed by atoms with Crippen molar-refractivity contribution in [3.63, 3.8) is 0 Å². The summed E-state index contributed by atoms with van der Waals surface area (Å²) in [6, 6.07) is 8.06. The van der Waals surface area contributed by atoms with Crippen LogP contribution in [0, 0.1) is 12.8 Å². The van der Waals surface area contributed by atoms with Crippen molar-refractivity contribution in [2.24, 2.45) is 11.7 Å². The number of likely N-dealkylation sites (tertiary alicyclic amines) is 1. The summed E-state index contributed by atoms with van der Waals surface area (Å²) in [5.74, 6) is -0.780. The molecule has 1 atom stereocenters. The lowest BCUT2D eigenvalue weighted by Gasteiger charge is -2.32. The van der Waals surface area contributed by atoms with Crippen LogP contribution in [-0.4, -0.2) is 47.6 Å². The van der Waals surface area contributed by atoms with Crippen LogP contribution in [0.25, 0.3) is 0 Å². The zero-order chi connectivity index (χ0) is 16.8. The molecule has 1 aromatic carbocycles. The maximum Gasteiger partial charge on any atom is 0.246 e. The third kappa shape index (κ3) is 5.33. The fourth-order valence-corrected chi connectivity index (χ4v) is 2.82. The average Bonchev–Trinajstić information content (AvgIpc) is 2.54. The highest BCUT2D eigenvalue weighted by Crippen LogP contribution is 2.20. The van der Waals surface area contributed by atoms with Crippen LogP contribution in [0.15, 0.2) is 24.3 Å². The van der Waals surface area contributed by atoms with E-state index in [9.17, 15) is 14.7 Å². The molecule has 1 unspecified atom stereocenters. The second kappa shape index (κ2) is 8.08. The van der Waals surface area contributed by atoms with Crippen LogP contribution in [0.5, 0.6) is 0 Å². The van der Waals surface area contributed by atoms with Crippen LogP contribution >= 0.6 is 0 Å². The number of amides is 2. The Morgan fingerprint density at radius 2 is 1.91 bits per heavy atom. The highest BCUT2D eigenvalue weighted by Gasteiger charge is 2.28. The van der Waals surface area contributed by atoms with E-state index in [-0.39, 0.29) is 11.8 Å². The molecule has 2 rings (SSSR count). The molecule has 0 saturated carbocycles. The lowest BCUT2D eigenvalue weighted by molar-refractivity contribution is -0.130. The molecule has 6 heteroatoms. The van der Waals surface area contributed by atoms with Crippen LogP contribution in [0.1, 0.15) is 24.0 Å². The molecule has 2 amide bonds. The number of aliphatic hydroxyl groups excluding tert-OH is 1. The monoisotopic (exact) mass is 319 g/mol. The number of hydrogen-bond donors (Lipinski definition) is 3. The zero-order valence-corrected chi connectivity index (χ0v) is 13.5. The second-order valence-corrected chi connectivity index (χ2v) is 6.22. The Bertz CT molecular complexity index is 537. The molecule has 6 nitrogen and oxygen atoms in total. The minimum absolute atomic E-state index is 0.0144. The smallest absolute Gasteiger partial charge is 0.246 e. The number of nitrogens with zero attached hydrogens (tertiary/aromatic N) is 1. The number of nitrogens with two attached hydrogens (primary N) is 1. The molecule has 1 aromatic rings. The standard InChI is InChI=1S/C17H25N3O3/c1-12-2-4-13(5-3-12)10-19-15(21)11-20-8-6-14(7-9-20)16(22)17(18)23/h2-5,14,16,22H,6-11H2,1H3,(H2,18,23)(H,19,21). The summed E-state index contributed by atoms with van der Waals surface area (Å²) in [5.41, 5.74) is 7.39. The molecule has 1 heterocycles. The van der Waals surface area contributed by atoms with Crippen molar-refractivity contribution in [2.75, 3.05) is 19.6 Å². The molecule has 1 fully saturated rings. The number of rotatable bonds is 6. The lowest BCUT2D eigenvalue weighted by atomic mass is 9.91. The van der Waals surface area contributed by atoms with Crippen molar-refractivity contribution in [3.8, 4) is 0 Å². The van der Waals surface area contributed by atoms with Gasteiger partial charge in [0.25, 0.3) is 0 Å². The van der Waals surface area contributed by atoms with E-state index in [1.807, 2.05) is 36.1 Å². The summed E-state index contributed by atoms with van der Waals surface area (Å²) in [6.45, 7) is 4.27. The molecule has 0 aliphatic carbocycles. The van der Waals surface area contributed by atoms with E-state index in [0.717, 1.165) is 5.56 Å². The molecule has 0 spiro atoms. The Morgan fingerprint density at radius 1 is 1.30 bits per heavy atom. The lowest BCUT2D eigenvalue weighted by Crippen LogP contribution is -2.45. The summed E-state index contributed by atoms with van der Waals surface area (Å²) in [4.78, 5) is 25.0. The Hall–Kier alpha value is -1.92. The van der Waals surface area contributed by atoms with Crippen LogP contribution in [0.4, 0.5) is 0 Å². The molecule has 0 radical (unpaired) electrons. The summed E-state index contributed by atoms with van der Waals surface area (Å²) in [6.07, 6.45) is 0.276. The van der Waals surface area contributed by atoms with E-state index in [1.54, 1.807) is 0 Å². The number of carbonyl (C=O) groups is 2. The second-order valence-electron chi connectivity index (χ2n) is 6.22. The highest BCUT2D eigenvalue weighted by molar-refractivity contribution is 5.79. The molecule has 0 bridgehead atoms. The van der Waals surface area contributed by atoms with Crippen LogP contribution < -0.4 is 11.1 Å². The Morgan fingerprint density at radius 3 is 2.48 bits per heavy atom. The van der Waals surface area contributed by atoms with E-state index < -0.39 is 12.0 Å². The molecular formula is C17H25N3O3. The highest BCUT2D eigenvalue weighted by atomic mass is 16.3. The Labute approximate surface area is 136 Å². The SMILES string of the molecule is Cc1ccc(CNC(=O)CN2CCC(C(O)C(N)=O)CC2)cc1. The average molecular weight is 319 g/mol. The van der Waals surface area contributed by atoms with Gasteiger partial charge in [-0.15, -0.1) is 0 Å². The first-order valence-corrected chi connectivity index (χ1v) is 7.97. The van der Waals surface area contributed by atoms with Gasteiger partial charge in [-0.25, -0.2) is 0 Å². The molecule has 126 valence electrons. The van der Waals surface area contributed by atoms with E-state index >= 15 is 0 Å². The third-order valence-corrected chi connectivity index (χ3v) is 4.35. The fourth-order valence-electron chi connectivity index (χ4n) is 2.82. The van der Waals surface area contributed by atoms with E-state index in [1.165, 1.54) is 5.56 Å². The number of hydrogen-bond acceptors (Lipinski definition) is 4. The van der Waals surface area contributed by atoms with E-state index in [0.29, 0.717) is 39.0 Å². The van der Waals surface area contributed by atoms with Gasteiger partial charge in [-0.3, -0.25) is 14.5 Å². The molecular weight excluding hydrogens is 294 g/mol. The maximum absolute atomic E-state index is 12.0. The molecule has 23 heavy (non-hydrogen) atoms. The minimum Gasteiger partial charge on any atom is -0.383 e. The topological polar surface area (TPSA) is 95.7 Å². The predicted octanol–water partition coefficient (Wildman–Crippen LogP) is 0.169. The van der Waals surface area contributed by atoms with Crippen molar-refractivity contribution < 1.29 is 14.7 Å². The van der Waals surface area contributed by atoms with Crippen molar-refractivity contribution in [3.05, 3.63) is 35.4 Å². The number of nitrogens with one attached hydrogen (secondary N) is 1. The molecule has 1 aliphatic rings. The van der Waals surface area contributed by atoms with Gasteiger partial charge in [0.1, 0.15) is 6.10 Å². The van der Waals surface area contributed by atoms with Gasteiger partial charge in [0.15, 0.2) is 0 Å². The zero-order valence-electron chi connectivity index (χ0n) is 13.5. The number of aryl methyl sites for hydroxylation is 1. The van der Waals surface area contributed by atoms with Gasteiger partial charge in [0.2, 0.25) is 11.8 Å². The fraction of sp³-hybridized carbons (Fsp3) is 0.529.